The monoisotopic (exact) mass is 176 g/mol. The molecule has 0 aliphatic carbocycles. The van der Waals surface area contributed by atoms with E-state index in [1.54, 1.807) is 0 Å². The van der Waals surface area contributed by atoms with Gasteiger partial charge >= 0.3 is 0 Å². The van der Waals surface area contributed by atoms with Gasteiger partial charge in [0.2, 0.25) is 0 Å². The van der Waals surface area contributed by atoms with Crippen molar-refractivity contribution in [2.45, 2.75) is 19.4 Å². The summed E-state index contributed by atoms with van der Waals surface area (Å²) in [7, 11) is 2.15. The highest BCUT2D eigenvalue weighted by Gasteiger charge is 2.15. The first-order valence-electron chi connectivity index (χ1n) is 4.85. The van der Waals surface area contributed by atoms with Crippen molar-refractivity contribution in [2.24, 2.45) is 5.73 Å². The van der Waals surface area contributed by atoms with Gasteiger partial charge in [-0.05, 0) is 24.0 Å². The fourth-order valence-corrected chi connectivity index (χ4v) is 2.12. The van der Waals surface area contributed by atoms with Gasteiger partial charge in [-0.2, -0.15) is 0 Å². The maximum Gasteiger partial charge on any atom is 0.0441 e. The molecule has 1 aliphatic rings. The normalized spacial score (nSPS) is 15.7. The second-order valence-electron chi connectivity index (χ2n) is 3.65. The minimum atomic E-state index is 0.646. The van der Waals surface area contributed by atoms with Crippen LogP contribution in [0.4, 0.5) is 5.69 Å². The summed E-state index contributed by atoms with van der Waals surface area (Å²) in [6.07, 6.45) is 2.46. The van der Waals surface area contributed by atoms with Crippen LogP contribution in [0, 0.1) is 0 Å². The number of fused-ring (bicyclic) bond motifs is 1. The molecule has 0 radical (unpaired) electrons. The fourth-order valence-electron chi connectivity index (χ4n) is 2.12. The molecule has 2 heteroatoms. The van der Waals surface area contributed by atoms with E-state index in [-0.39, 0.29) is 0 Å². The average molecular weight is 176 g/mol. The SMILES string of the molecule is CN1CCCc2cccc(CN)c21. The number of para-hydroxylation sites is 1. The Morgan fingerprint density at radius 1 is 1.46 bits per heavy atom. The van der Waals surface area contributed by atoms with Gasteiger partial charge in [-0.3, -0.25) is 0 Å². The van der Waals surface area contributed by atoms with Crippen LogP contribution in [0.5, 0.6) is 0 Å². The van der Waals surface area contributed by atoms with E-state index in [9.17, 15) is 0 Å². The highest BCUT2D eigenvalue weighted by atomic mass is 15.1. The van der Waals surface area contributed by atoms with E-state index in [2.05, 4.69) is 30.1 Å². The Morgan fingerprint density at radius 2 is 2.31 bits per heavy atom. The van der Waals surface area contributed by atoms with Crippen LogP contribution in [0.25, 0.3) is 0 Å². The van der Waals surface area contributed by atoms with Crippen LogP contribution >= 0.6 is 0 Å². The maximum absolute atomic E-state index is 5.71. The predicted octanol–water partition coefficient (Wildman–Crippen LogP) is 1.53. The molecule has 0 spiro atoms. The number of rotatable bonds is 1. The molecule has 1 aromatic carbocycles. The van der Waals surface area contributed by atoms with Crippen LogP contribution in [0.15, 0.2) is 18.2 Å². The van der Waals surface area contributed by atoms with Gasteiger partial charge in [0.15, 0.2) is 0 Å². The summed E-state index contributed by atoms with van der Waals surface area (Å²) in [5.41, 5.74) is 9.81. The number of benzene rings is 1. The minimum absolute atomic E-state index is 0.646. The first kappa shape index (κ1) is 8.57. The van der Waals surface area contributed by atoms with Gasteiger partial charge in [0.05, 0.1) is 0 Å². The van der Waals surface area contributed by atoms with Crippen molar-refractivity contribution in [1.29, 1.82) is 0 Å². The smallest absolute Gasteiger partial charge is 0.0441 e. The van der Waals surface area contributed by atoms with Gasteiger partial charge in [0.25, 0.3) is 0 Å². The van der Waals surface area contributed by atoms with Gasteiger partial charge in [-0.15, -0.1) is 0 Å². The summed E-state index contributed by atoms with van der Waals surface area (Å²) < 4.78 is 0. The average Bonchev–Trinajstić information content (AvgIpc) is 2.17. The fraction of sp³-hybridized carbons (Fsp3) is 0.455. The standard InChI is InChI=1S/C11H16N2/c1-13-7-3-6-9-4-2-5-10(8-12)11(9)13/h2,4-5H,3,6-8,12H2,1H3. The lowest BCUT2D eigenvalue weighted by atomic mass is 9.98. The quantitative estimate of drug-likeness (QED) is 0.703. The molecule has 0 aromatic heterocycles. The summed E-state index contributed by atoms with van der Waals surface area (Å²) in [5.74, 6) is 0. The summed E-state index contributed by atoms with van der Waals surface area (Å²) in [6, 6.07) is 6.45. The third-order valence-electron chi connectivity index (χ3n) is 2.74. The second-order valence-corrected chi connectivity index (χ2v) is 3.65. The summed E-state index contributed by atoms with van der Waals surface area (Å²) in [5, 5.41) is 0. The number of aryl methyl sites for hydroxylation is 1. The highest BCUT2D eigenvalue weighted by molar-refractivity contribution is 5.60. The molecule has 1 aliphatic heterocycles. The molecular weight excluding hydrogens is 160 g/mol. The lowest BCUT2D eigenvalue weighted by Gasteiger charge is -2.29. The number of nitrogens with zero attached hydrogens (tertiary/aromatic N) is 1. The van der Waals surface area contributed by atoms with E-state index in [0.29, 0.717) is 6.54 Å². The molecule has 1 heterocycles. The third-order valence-corrected chi connectivity index (χ3v) is 2.74. The third kappa shape index (κ3) is 1.42. The van der Waals surface area contributed by atoms with E-state index >= 15 is 0 Å². The Bertz CT molecular complexity index is 293. The maximum atomic E-state index is 5.71. The molecular formula is C11H16N2. The van der Waals surface area contributed by atoms with Crippen molar-refractivity contribution in [2.75, 3.05) is 18.5 Å². The van der Waals surface area contributed by atoms with E-state index in [4.69, 9.17) is 5.73 Å². The lowest BCUT2D eigenvalue weighted by Crippen LogP contribution is -2.26. The van der Waals surface area contributed by atoms with Crippen LogP contribution in [0.1, 0.15) is 17.5 Å². The lowest BCUT2D eigenvalue weighted by molar-refractivity contribution is 0.738. The topological polar surface area (TPSA) is 29.3 Å². The Hall–Kier alpha value is -1.02. The van der Waals surface area contributed by atoms with E-state index in [0.717, 1.165) is 6.54 Å². The van der Waals surface area contributed by atoms with Crippen molar-refractivity contribution in [3.05, 3.63) is 29.3 Å². The Kier molecular flexibility index (Phi) is 2.23. The first-order chi connectivity index (χ1) is 6.33. The first-order valence-corrected chi connectivity index (χ1v) is 4.85. The molecule has 0 bridgehead atoms. The molecule has 0 atom stereocenters. The van der Waals surface area contributed by atoms with Gasteiger partial charge in [0, 0.05) is 25.8 Å². The molecule has 0 amide bonds. The van der Waals surface area contributed by atoms with Crippen molar-refractivity contribution in [3.8, 4) is 0 Å². The van der Waals surface area contributed by atoms with Crippen LogP contribution in [-0.4, -0.2) is 13.6 Å². The zero-order valence-corrected chi connectivity index (χ0v) is 8.09. The highest BCUT2D eigenvalue weighted by Crippen LogP contribution is 2.29. The molecule has 2 nitrogen and oxygen atoms in total. The van der Waals surface area contributed by atoms with E-state index < -0.39 is 0 Å². The number of hydrogen-bond donors (Lipinski definition) is 1. The van der Waals surface area contributed by atoms with Gasteiger partial charge in [-0.25, -0.2) is 0 Å². The zero-order valence-electron chi connectivity index (χ0n) is 8.09. The molecule has 0 fully saturated rings. The molecule has 0 saturated heterocycles. The molecule has 2 rings (SSSR count). The number of hydrogen-bond acceptors (Lipinski definition) is 2. The van der Waals surface area contributed by atoms with E-state index in [1.807, 2.05) is 0 Å². The van der Waals surface area contributed by atoms with Gasteiger partial charge < -0.3 is 10.6 Å². The Morgan fingerprint density at radius 3 is 3.08 bits per heavy atom. The van der Waals surface area contributed by atoms with Crippen LogP contribution in [-0.2, 0) is 13.0 Å². The zero-order chi connectivity index (χ0) is 9.26. The Balaban J connectivity index is 2.50. The molecule has 70 valence electrons. The van der Waals surface area contributed by atoms with E-state index in [1.165, 1.54) is 29.7 Å². The van der Waals surface area contributed by atoms with Crippen molar-refractivity contribution < 1.29 is 0 Å². The summed E-state index contributed by atoms with van der Waals surface area (Å²) in [4.78, 5) is 2.32. The Labute approximate surface area is 79.4 Å². The number of nitrogens with two attached hydrogens (primary N) is 1. The van der Waals surface area contributed by atoms with Crippen LogP contribution < -0.4 is 10.6 Å². The minimum Gasteiger partial charge on any atom is -0.374 e. The van der Waals surface area contributed by atoms with Crippen molar-refractivity contribution in [3.63, 3.8) is 0 Å². The van der Waals surface area contributed by atoms with Crippen molar-refractivity contribution in [1.82, 2.24) is 0 Å². The van der Waals surface area contributed by atoms with Crippen molar-refractivity contribution >= 4 is 5.69 Å². The van der Waals surface area contributed by atoms with Gasteiger partial charge in [-0.1, -0.05) is 18.2 Å². The number of anilines is 1. The van der Waals surface area contributed by atoms with Crippen LogP contribution in [0.2, 0.25) is 0 Å². The van der Waals surface area contributed by atoms with Crippen LogP contribution in [0.3, 0.4) is 0 Å². The summed E-state index contributed by atoms with van der Waals surface area (Å²) >= 11 is 0. The predicted molar refractivity (Wildman–Crippen MR) is 55.9 cm³/mol. The van der Waals surface area contributed by atoms with Gasteiger partial charge in [0.1, 0.15) is 0 Å². The molecule has 13 heavy (non-hydrogen) atoms. The molecule has 0 unspecified atom stereocenters. The molecule has 0 saturated carbocycles. The second kappa shape index (κ2) is 3.38. The molecule has 2 N–H and O–H groups in total. The summed E-state index contributed by atoms with van der Waals surface area (Å²) in [6.45, 7) is 1.80. The molecule has 1 aromatic rings. The largest absolute Gasteiger partial charge is 0.374 e.